The highest BCUT2D eigenvalue weighted by Gasteiger charge is 2.49. The SMILES string of the molecule is Nc1sc2ccc(F)c(-c3cnc4c(N5CC6CCC(C5)N6)nc(OC[C@@]56CCCN5C[C@H](F)C6)nc4c3)c2c1C1CC1. The van der Waals surface area contributed by atoms with E-state index in [1.54, 1.807) is 6.20 Å². The number of aromatic nitrogens is 3. The molecule has 4 aliphatic heterocycles. The zero-order valence-electron chi connectivity index (χ0n) is 24.0. The van der Waals surface area contributed by atoms with Gasteiger partial charge in [0.2, 0.25) is 0 Å². The number of hydrogen-bond donors (Lipinski definition) is 2. The van der Waals surface area contributed by atoms with E-state index in [1.165, 1.54) is 17.4 Å². The maximum absolute atomic E-state index is 15.7. The van der Waals surface area contributed by atoms with E-state index in [1.807, 2.05) is 12.1 Å². The third-order valence-corrected chi connectivity index (χ3v) is 11.4. The highest BCUT2D eigenvalue weighted by molar-refractivity contribution is 7.23. The molecule has 1 aliphatic carbocycles. The summed E-state index contributed by atoms with van der Waals surface area (Å²) in [6.07, 6.45) is 7.81. The number of alkyl halides is 1. The number of nitrogens with one attached hydrogen (secondary N) is 1. The highest BCUT2D eigenvalue weighted by Crippen LogP contribution is 2.52. The van der Waals surface area contributed by atoms with Crippen LogP contribution in [0.5, 0.6) is 6.01 Å². The van der Waals surface area contributed by atoms with Crippen LogP contribution >= 0.6 is 11.3 Å². The summed E-state index contributed by atoms with van der Waals surface area (Å²) >= 11 is 1.53. The number of fused-ring (bicyclic) bond motifs is 5. The molecule has 1 aromatic carbocycles. The number of ether oxygens (including phenoxy) is 1. The summed E-state index contributed by atoms with van der Waals surface area (Å²) in [5.74, 6) is 0.839. The number of pyridine rings is 1. The van der Waals surface area contributed by atoms with Gasteiger partial charge in [-0.1, -0.05) is 0 Å². The predicted octanol–water partition coefficient (Wildman–Crippen LogP) is 5.40. The van der Waals surface area contributed by atoms with Crippen molar-refractivity contribution in [2.75, 3.05) is 43.4 Å². The lowest BCUT2D eigenvalue weighted by atomic mass is 9.95. The van der Waals surface area contributed by atoms with Crippen LogP contribution in [0, 0.1) is 5.82 Å². The fraction of sp³-hybridized carbons (Fsp3) is 0.531. The first kappa shape index (κ1) is 26.3. The van der Waals surface area contributed by atoms with Gasteiger partial charge < -0.3 is 20.7 Å². The molecule has 4 atom stereocenters. The lowest BCUT2D eigenvalue weighted by Gasteiger charge is -2.34. The second-order valence-electron chi connectivity index (χ2n) is 13.3. The van der Waals surface area contributed by atoms with Crippen LogP contribution in [-0.4, -0.2) is 76.4 Å². The summed E-state index contributed by atoms with van der Waals surface area (Å²) in [7, 11) is 0. The minimum atomic E-state index is -0.829. The van der Waals surface area contributed by atoms with Gasteiger partial charge in [0.15, 0.2) is 5.82 Å². The maximum atomic E-state index is 15.7. The molecule has 4 saturated heterocycles. The molecule has 3 N–H and O–H groups in total. The number of thiophene rings is 1. The van der Waals surface area contributed by atoms with Gasteiger partial charge in [0, 0.05) is 65.5 Å². The smallest absolute Gasteiger partial charge is 0.319 e. The highest BCUT2D eigenvalue weighted by atomic mass is 32.1. The molecule has 2 bridgehead atoms. The molecular weight excluding hydrogens is 568 g/mol. The van der Waals surface area contributed by atoms with Crippen molar-refractivity contribution in [3.63, 3.8) is 0 Å². The Labute approximate surface area is 252 Å². The second-order valence-corrected chi connectivity index (χ2v) is 14.4. The Kier molecular flexibility index (Phi) is 5.91. The van der Waals surface area contributed by atoms with Crippen LogP contribution in [-0.2, 0) is 0 Å². The number of nitrogen functional groups attached to an aromatic ring is 1. The molecule has 0 spiro atoms. The number of piperazine rings is 1. The molecule has 5 aliphatic rings. The maximum Gasteiger partial charge on any atom is 0.319 e. The summed E-state index contributed by atoms with van der Waals surface area (Å²) in [6, 6.07) is 6.37. The van der Waals surface area contributed by atoms with Crippen LogP contribution < -0.4 is 20.7 Å². The molecule has 224 valence electrons. The minimum absolute atomic E-state index is 0.271. The van der Waals surface area contributed by atoms with Gasteiger partial charge in [0.05, 0.1) is 16.1 Å². The molecule has 2 unspecified atom stereocenters. The average Bonchev–Trinajstić information content (AvgIpc) is 3.39. The van der Waals surface area contributed by atoms with E-state index in [9.17, 15) is 4.39 Å². The van der Waals surface area contributed by atoms with E-state index in [2.05, 4.69) is 15.1 Å². The summed E-state index contributed by atoms with van der Waals surface area (Å²) in [5.41, 5.74) is 9.74. The van der Waals surface area contributed by atoms with Crippen molar-refractivity contribution in [1.82, 2.24) is 25.2 Å². The van der Waals surface area contributed by atoms with E-state index in [4.69, 9.17) is 25.4 Å². The number of halogens is 2. The Morgan fingerprint density at radius 3 is 2.77 bits per heavy atom. The third-order valence-electron chi connectivity index (χ3n) is 10.4. The number of rotatable bonds is 6. The van der Waals surface area contributed by atoms with Gasteiger partial charge in [0.1, 0.15) is 24.1 Å². The molecule has 4 aromatic rings. The lowest BCUT2D eigenvalue weighted by molar-refractivity contribution is 0.107. The van der Waals surface area contributed by atoms with Gasteiger partial charge >= 0.3 is 6.01 Å². The van der Waals surface area contributed by atoms with Crippen molar-refractivity contribution in [1.29, 1.82) is 0 Å². The van der Waals surface area contributed by atoms with Crippen LogP contribution in [0.3, 0.4) is 0 Å². The van der Waals surface area contributed by atoms with Crippen molar-refractivity contribution < 1.29 is 13.5 Å². The molecule has 3 aromatic heterocycles. The van der Waals surface area contributed by atoms with E-state index < -0.39 is 6.17 Å². The molecular formula is C32H35F2N7OS. The summed E-state index contributed by atoms with van der Waals surface area (Å²) in [5, 5.41) is 5.36. The van der Waals surface area contributed by atoms with Crippen LogP contribution in [0.15, 0.2) is 24.4 Å². The zero-order valence-corrected chi connectivity index (χ0v) is 24.8. The van der Waals surface area contributed by atoms with E-state index in [0.29, 0.717) is 59.7 Å². The Hall–Kier alpha value is -3.15. The molecule has 9 rings (SSSR count). The van der Waals surface area contributed by atoms with Crippen LogP contribution in [0.4, 0.5) is 19.6 Å². The van der Waals surface area contributed by atoms with Gasteiger partial charge in [-0.2, -0.15) is 9.97 Å². The van der Waals surface area contributed by atoms with Crippen molar-refractivity contribution >= 4 is 43.3 Å². The molecule has 0 radical (unpaired) electrons. The zero-order chi connectivity index (χ0) is 28.9. The molecule has 8 nitrogen and oxygen atoms in total. The van der Waals surface area contributed by atoms with E-state index in [-0.39, 0.29) is 17.4 Å². The fourth-order valence-electron chi connectivity index (χ4n) is 8.29. The first-order chi connectivity index (χ1) is 20.9. The monoisotopic (exact) mass is 603 g/mol. The number of nitrogens with two attached hydrogens (primary N) is 1. The number of hydrogen-bond acceptors (Lipinski definition) is 9. The second kappa shape index (κ2) is 9.67. The third kappa shape index (κ3) is 4.29. The predicted molar refractivity (Wildman–Crippen MR) is 165 cm³/mol. The van der Waals surface area contributed by atoms with Crippen molar-refractivity contribution in [3.8, 4) is 17.1 Å². The summed E-state index contributed by atoms with van der Waals surface area (Å²) in [6.45, 7) is 3.39. The molecule has 0 amide bonds. The lowest BCUT2D eigenvalue weighted by Crippen LogP contribution is -2.51. The van der Waals surface area contributed by atoms with Gasteiger partial charge in [0.25, 0.3) is 0 Å². The topological polar surface area (TPSA) is 92.4 Å². The normalized spacial score (nSPS) is 28.8. The van der Waals surface area contributed by atoms with Crippen molar-refractivity contribution in [3.05, 3.63) is 35.8 Å². The van der Waals surface area contributed by atoms with Gasteiger partial charge in [-0.15, -0.1) is 11.3 Å². The Bertz CT molecular complexity index is 1750. The summed E-state index contributed by atoms with van der Waals surface area (Å²) in [4.78, 5) is 19.2. The van der Waals surface area contributed by atoms with Crippen LogP contribution in [0.1, 0.15) is 56.4 Å². The fourth-order valence-corrected chi connectivity index (χ4v) is 9.35. The standard InChI is InChI=1S/C32H35F2N7OS/c33-19-11-32(8-1-9-41(32)13-19)16-42-31-38-23-10-18(12-36-28(23)30(39-31)40-14-20-4-5-21(15-40)37-20)25-22(34)6-7-24-27(25)26(17-2-3-17)29(35)43-24/h6-7,10,12,17,19-21,37H,1-5,8-9,11,13-16,35H2/t19-,20?,21?,32+/m1/s1. The average molecular weight is 604 g/mol. The van der Waals surface area contributed by atoms with Gasteiger partial charge in [-0.25, -0.2) is 8.78 Å². The summed E-state index contributed by atoms with van der Waals surface area (Å²) < 4.78 is 37.5. The molecule has 11 heteroatoms. The van der Waals surface area contributed by atoms with Crippen LogP contribution in [0.25, 0.3) is 32.2 Å². The quantitative estimate of drug-likeness (QED) is 0.303. The molecule has 5 fully saturated rings. The molecule has 43 heavy (non-hydrogen) atoms. The van der Waals surface area contributed by atoms with E-state index in [0.717, 1.165) is 84.6 Å². The van der Waals surface area contributed by atoms with Gasteiger partial charge in [-0.05, 0) is 74.8 Å². The largest absolute Gasteiger partial charge is 0.461 e. The van der Waals surface area contributed by atoms with Crippen molar-refractivity contribution in [2.45, 2.75) is 74.7 Å². The Morgan fingerprint density at radius 2 is 1.95 bits per heavy atom. The molecule has 1 saturated carbocycles. The Morgan fingerprint density at radius 1 is 1.12 bits per heavy atom. The first-order valence-corrected chi connectivity index (χ1v) is 16.5. The number of anilines is 2. The minimum Gasteiger partial charge on any atom is -0.461 e. The van der Waals surface area contributed by atoms with Gasteiger partial charge in [-0.3, -0.25) is 9.88 Å². The number of benzene rings is 1. The number of nitrogens with zero attached hydrogens (tertiary/aromatic N) is 5. The first-order valence-electron chi connectivity index (χ1n) is 15.7. The molecule has 7 heterocycles. The van der Waals surface area contributed by atoms with Crippen molar-refractivity contribution in [2.24, 2.45) is 0 Å². The Balaban J connectivity index is 1.16. The van der Waals surface area contributed by atoms with E-state index >= 15 is 4.39 Å². The van der Waals surface area contributed by atoms with Crippen LogP contribution in [0.2, 0.25) is 0 Å².